The minimum absolute atomic E-state index is 0.301. The number of nitrogens with two attached hydrogens (primary N) is 1. The fraction of sp³-hybridized carbons (Fsp3) is 0.167. The molecule has 2 rings (SSSR count). The lowest BCUT2D eigenvalue weighted by Crippen LogP contribution is -2.01. The zero-order valence-electron chi connectivity index (χ0n) is 9.05. The second-order valence-corrected chi connectivity index (χ2v) is 3.58. The molecule has 0 fully saturated rings. The maximum atomic E-state index is 10.5. The molecule has 0 bridgehead atoms. The van der Waals surface area contributed by atoms with Crippen molar-refractivity contribution in [3.05, 3.63) is 41.6 Å². The van der Waals surface area contributed by atoms with Crippen LogP contribution in [0.15, 0.2) is 30.3 Å². The molecule has 0 radical (unpaired) electrons. The molecule has 1 aromatic carbocycles. The summed E-state index contributed by atoms with van der Waals surface area (Å²) < 4.78 is 1.66. The molecular formula is C12H13N3O. The highest BCUT2D eigenvalue weighted by Crippen LogP contribution is 2.19. The van der Waals surface area contributed by atoms with Crippen molar-refractivity contribution in [3.8, 4) is 5.69 Å². The van der Waals surface area contributed by atoms with E-state index in [0.717, 1.165) is 23.2 Å². The third kappa shape index (κ3) is 1.69. The molecule has 0 saturated carbocycles. The molecule has 0 aliphatic carbocycles. The molecule has 0 unspecified atom stereocenters. The van der Waals surface area contributed by atoms with Crippen LogP contribution in [0.3, 0.4) is 0 Å². The van der Waals surface area contributed by atoms with Crippen molar-refractivity contribution in [2.45, 2.75) is 13.3 Å². The summed E-state index contributed by atoms with van der Waals surface area (Å²) in [5, 5.41) is 4.33. The van der Waals surface area contributed by atoms with Gasteiger partial charge in [-0.3, -0.25) is 0 Å². The number of nitrogens with zero attached hydrogens (tertiary/aromatic N) is 2. The summed E-state index contributed by atoms with van der Waals surface area (Å²) in [5.74, 6) is 0.586. The highest BCUT2D eigenvalue weighted by atomic mass is 16.1. The number of carbonyl (C=O) groups is 1. The molecule has 0 amide bonds. The number of aldehydes is 1. The van der Waals surface area contributed by atoms with Gasteiger partial charge in [0, 0.05) is 12.0 Å². The summed E-state index contributed by atoms with van der Waals surface area (Å²) in [7, 11) is 0. The molecule has 16 heavy (non-hydrogen) atoms. The summed E-state index contributed by atoms with van der Waals surface area (Å²) in [6, 6.07) is 9.62. The van der Waals surface area contributed by atoms with Crippen LogP contribution in [0.4, 0.5) is 5.82 Å². The molecular weight excluding hydrogens is 202 g/mol. The third-order valence-corrected chi connectivity index (χ3v) is 2.54. The number of nitrogen functional groups attached to an aromatic ring is 1. The van der Waals surface area contributed by atoms with Crippen molar-refractivity contribution in [2.24, 2.45) is 0 Å². The minimum atomic E-state index is 0.301. The lowest BCUT2D eigenvalue weighted by Gasteiger charge is -2.02. The van der Waals surface area contributed by atoms with Crippen LogP contribution in [0.1, 0.15) is 11.3 Å². The molecule has 0 atom stereocenters. The van der Waals surface area contributed by atoms with E-state index in [-0.39, 0.29) is 0 Å². The summed E-state index contributed by atoms with van der Waals surface area (Å²) in [6.07, 6.45) is 1.14. The number of benzene rings is 1. The normalized spacial score (nSPS) is 10.3. The van der Waals surface area contributed by atoms with Gasteiger partial charge < -0.3 is 10.5 Å². The molecule has 2 N–H and O–H groups in total. The van der Waals surface area contributed by atoms with Crippen molar-refractivity contribution in [1.82, 2.24) is 9.78 Å². The quantitative estimate of drug-likeness (QED) is 0.789. The molecule has 1 aromatic heterocycles. The smallest absolute Gasteiger partial charge is 0.130 e. The summed E-state index contributed by atoms with van der Waals surface area (Å²) in [6.45, 7) is 1.88. The van der Waals surface area contributed by atoms with Gasteiger partial charge in [-0.25, -0.2) is 4.68 Å². The average molecular weight is 215 g/mol. The zero-order chi connectivity index (χ0) is 11.5. The number of aromatic nitrogens is 2. The molecule has 0 aliphatic rings. The fourth-order valence-corrected chi connectivity index (χ4v) is 1.60. The molecule has 0 aliphatic heterocycles. The fourth-order valence-electron chi connectivity index (χ4n) is 1.60. The second-order valence-electron chi connectivity index (χ2n) is 3.58. The number of rotatable bonds is 3. The largest absolute Gasteiger partial charge is 0.383 e. The van der Waals surface area contributed by atoms with Crippen LogP contribution in [0.2, 0.25) is 0 Å². The summed E-state index contributed by atoms with van der Waals surface area (Å²) in [5.41, 5.74) is 8.46. The van der Waals surface area contributed by atoms with Gasteiger partial charge in [-0.1, -0.05) is 18.2 Å². The van der Waals surface area contributed by atoms with Crippen molar-refractivity contribution in [2.75, 3.05) is 5.73 Å². The van der Waals surface area contributed by atoms with Crippen molar-refractivity contribution in [1.29, 1.82) is 0 Å². The Morgan fingerprint density at radius 3 is 2.69 bits per heavy atom. The SMILES string of the molecule is Cc1c(CC=O)nn(-c2ccccc2)c1N. The molecule has 0 saturated heterocycles. The first-order valence-electron chi connectivity index (χ1n) is 5.07. The third-order valence-electron chi connectivity index (χ3n) is 2.54. The van der Waals surface area contributed by atoms with Crippen molar-refractivity contribution in [3.63, 3.8) is 0 Å². The Labute approximate surface area is 93.7 Å². The highest BCUT2D eigenvalue weighted by molar-refractivity contribution is 5.58. The van der Waals surface area contributed by atoms with Crippen molar-refractivity contribution < 1.29 is 4.79 Å². The highest BCUT2D eigenvalue weighted by Gasteiger charge is 2.11. The Kier molecular flexibility index (Phi) is 2.72. The Hall–Kier alpha value is -2.10. The van der Waals surface area contributed by atoms with Crippen molar-refractivity contribution >= 4 is 12.1 Å². The second kappa shape index (κ2) is 4.18. The lowest BCUT2D eigenvalue weighted by atomic mass is 10.2. The van der Waals surface area contributed by atoms with E-state index in [1.54, 1.807) is 4.68 Å². The van der Waals surface area contributed by atoms with E-state index in [1.807, 2.05) is 37.3 Å². The van der Waals surface area contributed by atoms with E-state index in [0.29, 0.717) is 12.2 Å². The number of anilines is 1. The summed E-state index contributed by atoms with van der Waals surface area (Å²) in [4.78, 5) is 10.5. The average Bonchev–Trinajstić information content (AvgIpc) is 2.59. The Bertz CT molecular complexity index is 502. The van der Waals surface area contributed by atoms with Gasteiger partial charge in [-0.15, -0.1) is 0 Å². The molecule has 0 spiro atoms. The van der Waals surface area contributed by atoms with Gasteiger partial charge >= 0.3 is 0 Å². The van der Waals surface area contributed by atoms with Gasteiger partial charge in [0.1, 0.15) is 12.1 Å². The predicted molar refractivity (Wildman–Crippen MR) is 62.5 cm³/mol. The van der Waals surface area contributed by atoms with Gasteiger partial charge in [-0.05, 0) is 19.1 Å². The molecule has 4 nitrogen and oxygen atoms in total. The first-order chi connectivity index (χ1) is 7.74. The van der Waals surface area contributed by atoms with Crippen LogP contribution in [0.5, 0.6) is 0 Å². The van der Waals surface area contributed by atoms with Crippen LogP contribution < -0.4 is 5.73 Å². The van der Waals surface area contributed by atoms with E-state index in [2.05, 4.69) is 5.10 Å². The molecule has 2 aromatic rings. The predicted octanol–water partition coefficient (Wildman–Crippen LogP) is 1.50. The van der Waals surface area contributed by atoms with Crippen LogP contribution in [-0.4, -0.2) is 16.1 Å². The Morgan fingerprint density at radius 2 is 2.06 bits per heavy atom. The number of hydrogen-bond acceptors (Lipinski definition) is 3. The lowest BCUT2D eigenvalue weighted by molar-refractivity contribution is -0.107. The van der Waals surface area contributed by atoms with Crippen LogP contribution in [0.25, 0.3) is 5.69 Å². The molecule has 82 valence electrons. The zero-order valence-corrected chi connectivity index (χ0v) is 9.05. The van der Waals surface area contributed by atoms with Gasteiger partial charge in [0.25, 0.3) is 0 Å². The molecule has 4 heteroatoms. The Morgan fingerprint density at radius 1 is 1.38 bits per heavy atom. The monoisotopic (exact) mass is 215 g/mol. The van der Waals surface area contributed by atoms with E-state index in [1.165, 1.54) is 0 Å². The topological polar surface area (TPSA) is 60.9 Å². The number of para-hydroxylation sites is 1. The van der Waals surface area contributed by atoms with E-state index in [4.69, 9.17) is 5.73 Å². The van der Waals surface area contributed by atoms with E-state index in [9.17, 15) is 4.79 Å². The van der Waals surface area contributed by atoms with Crippen LogP contribution >= 0.6 is 0 Å². The van der Waals surface area contributed by atoms with Gasteiger partial charge in [0.15, 0.2) is 0 Å². The van der Waals surface area contributed by atoms with E-state index < -0.39 is 0 Å². The Balaban J connectivity index is 2.50. The maximum Gasteiger partial charge on any atom is 0.130 e. The van der Waals surface area contributed by atoms with Crippen LogP contribution in [-0.2, 0) is 11.2 Å². The summed E-state index contributed by atoms with van der Waals surface area (Å²) >= 11 is 0. The van der Waals surface area contributed by atoms with Gasteiger partial charge in [0.2, 0.25) is 0 Å². The van der Waals surface area contributed by atoms with Crippen LogP contribution in [0, 0.1) is 6.92 Å². The van der Waals surface area contributed by atoms with Gasteiger partial charge in [0.05, 0.1) is 11.4 Å². The van der Waals surface area contributed by atoms with Gasteiger partial charge in [-0.2, -0.15) is 5.10 Å². The first kappa shape index (κ1) is 10.4. The first-order valence-corrected chi connectivity index (χ1v) is 5.07. The number of carbonyl (C=O) groups excluding carboxylic acids is 1. The molecule has 1 heterocycles. The van der Waals surface area contributed by atoms with E-state index >= 15 is 0 Å². The minimum Gasteiger partial charge on any atom is -0.383 e. The standard InChI is InChI=1S/C12H13N3O/c1-9-11(7-8-16)14-15(12(9)13)10-5-3-2-4-6-10/h2-6,8H,7,13H2,1H3. The maximum absolute atomic E-state index is 10.5. The number of hydrogen-bond donors (Lipinski definition) is 1.